The van der Waals surface area contributed by atoms with Gasteiger partial charge in [0.25, 0.3) is 0 Å². The second-order valence-electron chi connectivity index (χ2n) is 4.64. The van der Waals surface area contributed by atoms with Crippen molar-refractivity contribution in [1.82, 2.24) is 5.32 Å². The molecule has 0 unspecified atom stereocenters. The molecular weight excluding hydrogens is 244 g/mol. The normalized spacial score (nSPS) is 14.6. The van der Waals surface area contributed by atoms with Gasteiger partial charge in [0.1, 0.15) is 5.75 Å². The van der Waals surface area contributed by atoms with Gasteiger partial charge in [-0.05, 0) is 44.4 Å². The number of aliphatic hydroxyl groups excluding tert-OH is 1. The van der Waals surface area contributed by atoms with Gasteiger partial charge >= 0.3 is 6.03 Å². The smallest absolute Gasteiger partial charge is 0.319 e. The predicted molar refractivity (Wildman–Crippen MR) is 73.3 cm³/mol. The molecule has 0 saturated heterocycles. The lowest BCUT2D eigenvalue weighted by molar-refractivity contribution is 0.240. The zero-order chi connectivity index (χ0) is 13.7. The van der Waals surface area contributed by atoms with Crippen molar-refractivity contribution in [2.24, 2.45) is 0 Å². The minimum absolute atomic E-state index is 0.116. The number of hydrogen-bond acceptors (Lipinski definition) is 3. The van der Waals surface area contributed by atoms with Crippen LogP contribution in [0.3, 0.4) is 0 Å². The number of ether oxygens (including phenoxy) is 1. The molecule has 0 radical (unpaired) electrons. The first-order valence-electron chi connectivity index (χ1n) is 6.67. The molecule has 5 nitrogen and oxygen atoms in total. The van der Waals surface area contributed by atoms with Crippen molar-refractivity contribution in [1.29, 1.82) is 0 Å². The van der Waals surface area contributed by atoms with Crippen LogP contribution in [0.1, 0.15) is 31.7 Å². The van der Waals surface area contributed by atoms with Crippen molar-refractivity contribution in [2.45, 2.75) is 38.8 Å². The Hall–Kier alpha value is -1.75. The van der Waals surface area contributed by atoms with E-state index in [4.69, 9.17) is 4.74 Å². The molecule has 1 aliphatic rings. The lowest BCUT2D eigenvalue weighted by Crippen LogP contribution is -2.41. The van der Waals surface area contributed by atoms with E-state index in [-0.39, 0.29) is 12.6 Å². The van der Waals surface area contributed by atoms with Gasteiger partial charge < -0.3 is 20.5 Å². The fourth-order valence-corrected chi connectivity index (χ4v) is 1.98. The molecule has 1 aliphatic carbocycles. The molecule has 1 aromatic carbocycles. The van der Waals surface area contributed by atoms with E-state index in [0.29, 0.717) is 29.6 Å². The average molecular weight is 264 g/mol. The lowest BCUT2D eigenvalue weighted by Gasteiger charge is -2.26. The van der Waals surface area contributed by atoms with Crippen LogP contribution in [0.25, 0.3) is 0 Å². The molecule has 19 heavy (non-hydrogen) atoms. The highest BCUT2D eigenvalue weighted by molar-refractivity contribution is 5.89. The molecule has 2 amide bonds. The Morgan fingerprint density at radius 1 is 1.47 bits per heavy atom. The number of anilines is 1. The van der Waals surface area contributed by atoms with E-state index in [1.807, 2.05) is 6.92 Å². The van der Waals surface area contributed by atoms with E-state index < -0.39 is 0 Å². The summed E-state index contributed by atoms with van der Waals surface area (Å²) < 4.78 is 5.39. The molecular formula is C14H20N2O3. The molecule has 0 atom stereocenters. The Morgan fingerprint density at radius 3 is 2.84 bits per heavy atom. The van der Waals surface area contributed by atoms with Crippen molar-refractivity contribution >= 4 is 11.7 Å². The zero-order valence-corrected chi connectivity index (χ0v) is 11.1. The molecule has 5 heteroatoms. The molecule has 2 rings (SSSR count). The number of carbonyl (C=O) groups excluding carboxylic acids is 1. The van der Waals surface area contributed by atoms with Gasteiger partial charge in [-0.2, -0.15) is 0 Å². The second kappa shape index (κ2) is 6.43. The van der Waals surface area contributed by atoms with Crippen LogP contribution < -0.4 is 15.4 Å². The van der Waals surface area contributed by atoms with Crippen LogP contribution in [0, 0.1) is 0 Å². The maximum Gasteiger partial charge on any atom is 0.319 e. The van der Waals surface area contributed by atoms with Gasteiger partial charge in [-0.3, -0.25) is 0 Å². The summed E-state index contributed by atoms with van der Waals surface area (Å²) in [5.41, 5.74) is 1.33. The van der Waals surface area contributed by atoms with Crippen molar-refractivity contribution < 1.29 is 14.6 Å². The molecule has 3 N–H and O–H groups in total. The van der Waals surface area contributed by atoms with Crippen molar-refractivity contribution in [3.8, 4) is 5.75 Å². The van der Waals surface area contributed by atoms with E-state index in [1.54, 1.807) is 18.2 Å². The van der Waals surface area contributed by atoms with Crippen LogP contribution in [-0.4, -0.2) is 23.8 Å². The highest BCUT2D eigenvalue weighted by Crippen LogP contribution is 2.23. The van der Waals surface area contributed by atoms with Gasteiger partial charge in [-0.25, -0.2) is 4.79 Å². The summed E-state index contributed by atoms with van der Waals surface area (Å²) in [4.78, 5) is 11.7. The Bertz CT molecular complexity index is 444. The minimum Gasteiger partial charge on any atom is -0.494 e. The van der Waals surface area contributed by atoms with Gasteiger partial charge in [-0.1, -0.05) is 0 Å². The number of amides is 2. The first-order chi connectivity index (χ1) is 9.22. The molecule has 0 spiro atoms. The van der Waals surface area contributed by atoms with Crippen molar-refractivity contribution in [3.05, 3.63) is 23.8 Å². The molecule has 0 aromatic heterocycles. The molecule has 104 valence electrons. The second-order valence-corrected chi connectivity index (χ2v) is 4.64. The average Bonchev–Trinajstić information content (AvgIpc) is 2.36. The Morgan fingerprint density at radius 2 is 2.26 bits per heavy atom. The van der Waals surface area contributed by atoms with Crippen molar-refractivity contribution in [3.63, 3.8) is 0 Å². The van der Waals surface area contributed by atoms with Gasteiger partial charge in [0.05, 0.1) is 13.2 Å². The minimum atomic E-state index is -0.197. The summed E-state index contributed by atoms with van der Waals surface area (Å²) in [7, 11) is 0. The van der Waals surface area contributed by atoms with Crippen LogP contribution in [-0.2, 0) is 6.61 Å². The topological polar surface area (TPSA) is 70.6 Å². The Kier molecular flexibility index (Phi) is 4.63. The fourth-order valence-electron chi connectivity index (χ4n) is 1.98. The summed E-state index contributed by atoms with van der Waals surface area (Å²) in [5, 5.41) is 15.0. The zero-order valence-electron chi connectivity index (χ0n) is 11.1. The number of aliphatic hydroxyl groups is 1. The lowest BCUT2D eigenvalue weighted by atomic mass is 9.93. The first kappa shape index (κ1) is 13.7. The first-order valence-corrected chi connectivity index (χ1v) is 6.67. The summed E-state index contributed by atoms with van der Waals surface area (Å²) in [6.07, 6.45) is 3.29. The summed E-state index contributed by atoms with van der Waals surface area (Å²) in [6.45, 7) is 2.32. The van der Waals surface area contributed by atoms with Gasteiger partial charge in [0.2, 0.25) is 0 Å². The maximum absolute atomic E-state index is 11.7. The molecule has 0 aliphatic heterocycles. The highest BCUT2D eigenvalue weighted by atomic mass is 16.5. The third-order valence-electron chi connectivity index (χ3n) is 3.23. The number of carbonyl (C=O) groups is 1. The third kappa shape index (κ3) is 3.61. The molecule has 1 saturated carbocycles. The summed E-state index contributed by atoms with van der Waals surface area (Å²) in [6, 6.07) is 5.36. The van der Waals surface area contributed by atoms with E-state index in [2.05, 4.69) is 10.6 Å². The number of rotatable bonds is 5. The maximum atomic E-state index is 11.7. The Labute approximate surface area is 113 Å². The number of benzene rings is 1. The van der Waals surface area contributed by atoms with Gasteiger partial charge in [0, 0.05) is 17.3 Å². The summed E-state index contributed by atoms with van der Waals surface area (Å²) in [5.74, 6) is 0.648. The fraction of sp³-hybridized carbons (Fsp3) is 0.500. The Balaban J connectivity index is 1.97. The van der Waals surface area contributed by atoms with E-state index >= 15 is 0 Å². The van der Waals surface area contributed by atoms with E-state index in [1.165, 1.54) is 6.42 Å². The van der Waals surface area contributed by atoms with E-state index in [0.717, 1.165) is 12.8 Å². The molecule has 0 heterocycles. The van der Waals surface area contributed by atoms with Gasteiger partial charge in [-0.15, -0.1) is 0 Å². The molecule has 1 fully saturated rings. The van der Waals surface area contributed by atoms with Crippen LogP contribution in [0.5, 0.6) is 5.75 Å². The standard InChI is InChI=1S/C14H20N2O3/c1-2-19-13-7-6-12(8-10(13)9-17)16-14(18)15-11-4-3-5-11/h6-8,11,17H,2-5,9H2,1H3,(H2,15,16,18). The van der Waals surface area contributed by atoms with Crippen LogP contribution >= 0.6 is 0 Å². The van der Waals surface area contributed by atoms with Crippen LogP contribution in [0.4, 0.5) is 10.5 Å². The third-order valence-corrected chi connectivity index (χ3v) is 3.23. The number of hydrogen-bond donors (Lipinski definition) is 3. The molecule has 0 bridgehead atoms. The van der Waals surface area contributed by atoms with Crippen LogP contribution in [0.2, 0.25) is 0 Å². The molecule has 1 aromatic rings. The van der Waals surface area contributed by atoms with Crippen molar-refractivity contribution in [2.75, 3.05) is 11.9 Å². The number of nitrogens with one attached hydrogen (secondary N) is 2. The summed E-state index contributed by atoms with van der Waals surface area (Å²) >= 11 is 0. The SMILES string of the molecule is CCOc1ccc(NC(=O)NC2CCC2)cc1CO. The highest BCUT2D eigenvalue weighted by Gasteiger charge is 2.19. The predicted octanol–water partition coefficient (Wildman–Crippen LogP) is 2.25. The largest absolute Gasteiger partial charge is 0.494 e. The van der Waals surface area contributed by atoms with Gasteiger partial charge in [0.15, 0.2) is 0 Å². The monoisotopic (exact) mass is 264 g/mol. The quantitative estimate of drug-likeness (QED) is 0.764. The van der Waals surface area contributed by atoms with Crippen LogP contribution in [0.15, 0.2) is 18.2 Å². The van der Waals surface area contributed by atoms with E-state index in [9.17, 15) is 9.90 Å². The number of urea groups is 1.